The summed E-state index contributed by atoms with van der Waals surface area (Å²) in [5.41, 5.74) is 1.56. The number of nitrogens with zero attached hydrogens (tertiary/aromatic N) is 6. The summed E-state index contributed by atoms with van der Waals surface area (Å²) in [5, 5.41) is 13.1. The van der Waals surface area contributed by atoms with Crippen LogP contribution in [0.2, 0.25) is 0 Å². The van der Waals surface area contributed by atoms with E-state index in [0.717, 1.165) is 17.1 Å². The number of hydrogen-bond donors (Lipinski definition) is 0. The van der Waals surface area contributed by atoms with E-state index >= 15 is 0 Å². The molecule has 0 aliphatic carbocycles. The Morgan fingerprint density at radius 2 is 1.87 bits per heavy atom. The molecule has 0 saturated carbocycles. The monoisotopic (exact) mass is 418 g/mol. The first-order chi connectivity index (χ1) is 15.2. The van der Waals surface area contributed by atoms with Gasteiger partial charge >= 0.3 is 0 Å². The fourth-order valence-corrected chi connectivity index (χ4v) is 3.82. The maximum absolute atomic E-state index is 12.8. The van der Waals surface area contributed by atoms with Crippen molar-refractivity contribution in [3.8, 4) is 17.3 Å². The molecule has 0 unspecified atom stereocenters. The van der Waals surface area contributed by atoms with Crippen LogP contribution in [0.25, 0.3) is 17.2 Å². The average molecular weight is 418 g/mol. The van der Waals surface area contributed by atoms with Crippen molar-refractivity contribution >= 4 is 17.4 Å². The molecule has 0 radical (unpaired) electrons. The number of piperazine rings is 1. The zero-order valence-electron chi connectivity index (χ0n) is 17.1. The second kappa shape index (κ2) is 8.10. The second-order valence-electron chi connectivity index (χ2n) is 7.32. The molecule has 4 aromatic rings. The molecule has 0 bridgehead atoms. The van der Waals surface area contributed by atoms with Gasteiger partial charge in [-0.2, -0.15) is 4.52 Å². The van der Waals surface area contributed by atoms with Gasteiger partial charge in [-0.3, -0.25) is 4.79 Å². The van der Waals surface area contributed by atoms with Gasteiger partial charge in [0.1, 0.15) is 11.6 Å². The van der Waals surface area contributed by atoms with Crippen LogP contribution in [0.1, 0.15) is 5.56 Å². The summed E-state index contributed by atoms with van der Waals surface area (Å²) >= 11 is 0. The van der Waals surface area contributed by atoms with Crippen molar-refractivity contribution in [2.24, 2.45) is 0 Å². The zero-order valence-corrected chi connectivity index (χ0v) is 17.1. The fourth-order valence-electron chi connectivity index (χ4n) is 3.82. The van der Waals surface area contributed by atoms with Gasteiger partial charge in [-0.15, -0.1) is 15.3 Å². The predicted octanol–water partition coefficient (Wildman–Crippen LogP) is 2.28. The first kappa shape index (κ1) is 19.1. The van der Waals surface area contributed by atoms with E-state index in [4.69, 9.17) is 14.3 Å². The van der Waals surface area contributed by atoms with Crippen molar-refractivity contribution < 1.29 is 13.9 Å². The van der Waals surface area contributed by atoms with E-state index in [1.165, 1.54) is 0 Å². The number of aromatic nitrogens is 4. The second-order valence-corrected chi connectivity index (χ2v) is 7.32. The maximum atomic E-state index is 12.8. The summed E-state index contributed by atoms with van der Waals surface area (Å²) in [6.07, 6.45) is 1.93. The minimum atomic E-state index is 0.103. The molecule has 9 heteroatoms. The number of benzene rings is 1. The highest BCUT2D eigenvalue weighted by Crippen LogP contribution is 2.22. The molecule has 3 aromatic heterocycles. The number of carbonyl (C=O) groups is 1. The lowest BCUT2D eigenvalue weighted by Gasteiger charge is -2.35. The van der Waals surface area contributed by atoms with Crippen molar-refractivity contribution in [2.75, 3.05) is 38.2 Å². The Kier molecular flexibility index (Phi) is 4.99. The summed E-state index contributed by atoms with van der Waals surface area (Å²) in [7, 11) is 1.62. The van der Waals surface area contributed by atoms with Gasteiger partial charge in [0.25, 0.3) is 0 Å². The van der Waals surface area contributed by atoms with Crippen molar-refractivity contribution in [2.45, 2.75) is 6.42 Å². The van der Waals surface area contributed by atoms with Gasteiger partial charge < -0.3 is 19.0 Å². The van der Waals surface area contributed by atoms with E-state index in [0.29, 0.717) is 49.8 Å². The molecule has 1 aliphatic heterocycles. The van der Waals surface area contributed by atoms with Crippen molar-refractivity contribution in [3.63, 3.8) is 0 Å². The van der Waals surface area contributed by atoms with Crippen LogP contribution in [-0.2, 0) is 11.2 Å². The normalized spacial score (nSPS) is 14.2. The Labute approximate surface area is 178 Å². The third-order valence-corrected chi connectivity index (χ3v) is 5.48. The average Bonchev–Trinajstić information content (AvgIpc) is 3.49. The molecule has 1 aliphatic rings. The van der Waals surface area contributed by atoms with Crippen LogP contribution in [0, 0.1) is 0 Å². The molecule has 1 amide bonds. The van der Waals surface area contributed by atoms with Crippen LogP contribution in [0.4, 0.5) is 5.82 Å². The summed E-state index contributed by atoms with van der Waals surface area (Å²) < 4.78 is 12.5. The smallest absolute Gasteiger partial charge is 0.227 e. The van der Waals surface area contributed by atoms with Crippen molar-refractivity contribution in [1.82, 2.24) is 24.7 Å². The number of amides is 1. The van der Waals surface area contributed by atoms with Crippen LogP contribution in [0.3, 0.4) is 0 Å². The highest BCUT2D eigenvalue weighted by atomic mass is 16.5. The molecule has 0 atom stereocenters. The first-order valence-electron chi connectivity index (χ1n) is 10.1. The summed E-state index contributed by atoms with van der Waals surface area (Å²) in [6.45, 7) is 2.69. The van der Waals surface area contributed by atoms with Gasteiger partial charge in [0.05, 0.1) is 19.8 Å². The minimum Gasteiger partial charge on any atom is -0.496 e. The van der Waals surface area contributed by atoms with Gasteiger partial charge in [-0.1, -0.05) is 18.2 Å². The number of para-hydroxylation sites is 1. The van der Waals surface area contributed by atoms with Gasteiger partial charge in [-0.05, 0) is 30.3 Å². The van der Waals surface area contributed by atoms with Crippen LogP contribution in [-0.4, -0.2) is 63.9 Å². The predicted molar refractivity (Wildman–Crippen MR) is 114 cm³/mol. The standard InChI is InChI=1S/C22H22N6O3/c1-30-17-6-3-2-5-16(17)15-21(29)27-12-10-26(11-13-27)20-9-8-19-23-24-22(28(19)25-20)18-7-4-14-31-18/h2-9,14H,10-13,15H2,1H3. The van der Waals surface area contributed by atoms with E-state index in [1.807, 2.05) is 53.4 Å². The van der Waals surface area contributed by atoms with Gasteiger partial charge in [0, 0.05) is 31.7 Å². The van der Waals surface area contributed by atoms with Gasteiger partial charge in [0.15, 0.2) is 11.4 Å². The SMILES string of the molecule is COc1ccccc1CC(=O)N1CCN(c2ccc3nnc(-c4ccco4)n3n2)CC1. The molecular formula is C22H22N6O3. The maximum Gasteiger partial charge on any atom is 0.227 e. The third-order valence-electron chi connectivity index (χ3n) is 5.48. The molecule has 31 heavy (non-hydrogen) atoms. The van der Waals surface area contributed by atoms with Crippen LogP contribution < -0.4 is 9.64 Å². The number of furan rings is 1. The fraction of sp³-hybridized carbons (Fsp3) is 0.273. The summed E-state index contributed by atoms with van der Waals surface area (Å²) in [4.78, 5) is 16.9. The molecular weight excluding hydrogens is 396 g/mol. The Morgan fingerprint density at radius 3 is 2.65 bits per heavy atom. The van der Waals surface area contributed by atoms with Gasteiger partial charge in [-0.25, -0.2) is 0 Å². The van der Waals surface area contributed by atoms with E-state index in [1.54, 1.807) is 17.9 Å². The number of methoxy groups -OCH3 is 1. The number of anilines is 1. The Balaban J connectivity index is 1.28. The quantitative estimate of drug-likeness (QED) is 0.491. The number of ether oxygens (including phenoxy) is 1. The van der Waals surface area contributed by atoms with Gasteiger partial charge in [0.2, 0.25) is 11.7 Å². The summed E-state index contributed by atoms with van der Waals surface area (Å²) in [6, 6.07) is 15.1. The Bertz CT molecular complexity index is 1200. The van der Waals surface area contributed by atoms with Crippen LogP contribution in [0.15, 0.2) is 59.2 Å². The molecule has 1 fully saturated rings. The molecule has 158 valence electrons. The van der Waals surface area contributed by atoms with Crippen molar-refractivity contribution in [3.05, 3.63) is 60.4 Å². The van der Waals surface area contributed by atoms with E-state index in [2.05, 4.69) is 15.1 Å². The lowest BCUT2D eigenvalue weighted by molar-refractivity contribution is -0.130. The van der Waals surface area contributed by atoms with E-state index in [9.17, 15) is 4.79 Å². The lowest BCUT2D eigenvalue weighted by Crippen LogP contribution is -2.49. The van der Waals surface area contributed by atoms with Crippen LogP contribution in [0.5, 0.6) is 5.75 Å². The number of carbonyl (C=O) groups excluding carboxylic acids is 1. The molecule has 0 N–H and O–H groups in total. The number of rotatable bonds is 5. The van der Waals surface area contributed by atoms with Crippen molar-refractivity contribution in [1.29, 1.82) is 0 Å². The first-order valence-corrected chi connectivity index (χ1v) is 10.1. The Morgan fingerprint density at radius 1 is 1.03 bits per heavy atom. The molecule has 9 nitrogen and oxygen atoms in total. The topological polar surface area (TPSA) is 89.0 Å². The molecule has 4 heterocycles. The molecule has 5 rings (SSSR count). The minimum absolute atomic E-state index is 0.103. The largest absolute Gasteiger partial charge is 0.496 e. The lowest BCUT2D eigenvalue weighted by atomic mass is 10.1. The number of fused-ring (bicyclic) bond motifs is 1. The van der Waals surface area contributed by atoms with E-state index < -0.39 is 0 Å². The molecule has 1 aromatic carbocycles. The zero-order chi connectivity index (χ0) is 21.2. The van der Waals surface area contributed by atoms with Crippen LogP contribution >= 0.6 is 0 Å². The highest BCUT2D eigenvalue weighted by molar-refractivity contribution is 5.79. The highest BCUT2D eigenvalue weighted by Gasteiger charge is 2.23. The number of hydrogen-bond acceptors (Lipinski definition) is 7. The van der Waals surface area contributed by atoms with E-state index in [-0.39, 0.29) is 5.91 Å². The molecule has 0 spiro atoms. The summed E-state index contributed by atoms with van der Waals surface area (Å²) in [5.74, 6) is 2.84. The molecule has 1 saturated heterocycles. The third kappa shape index (κ3) is 3.70. The Hall–Kier alpha value is -3.88.